The molecular formula is C25H26Cl2N6O2S. The van der Waals surface area contributed by atoms with Crippen LogP contribution in [0.15, 0.2) is 65.7 Å². The first-order chi connectivity index (χ1) is 17.3. The fraction of sp³-hybridized carbons (Fsp3) is 0.280. The number of likely N-dealkylation sites (N-methyl/N-ethyl adjacent to an activating group) is 1. The summed E-state index contributed by atoms with van der Waals surface area (Å²) in [4.78, 5) is 7.22. The largest absolute Gasteiger partial charge is 0.366 e. The lowest BCUT2D eigenvalue weighted by Crippen LogP contribution is -2.48. The van der Waals surface area contributed by atoms with Crippen LogP contribution in [0.4, 0.5) is 5.82 Å². The van der Waals surface area contributed by atoms with Gasteiger partial charge in [0.1, 0.15) is 5.82 Å². The number of benzene rings is 2. The second-order valence-corrected chi connectivity index (χ2v) is 11.4. The molecule has 0 radical (unpaired) electrons. The van der Waals surface area contributed by atoms with E-state index < -0.39 is 10.0 Å². The lowest BCUT2D eigenvalue weighted by molar-refractivity contribution is 0.196. The molecular weight excluding hydrogens is 519 g/mol. The number of halogens is 2. The van der Waals surface area contributed by atoms with Crippen molar-refractivity contribution >= 4 is 44.7 Å². The summed E-state index contributed by atoms with van der Waals surface area (Å²) in [5.74, 6) is 0.704. The van der Waals surface area contributed by atoms with Crippen LogP contribution in [-0.4, -0.2) is 64.9 Å². The highest BCUT2D eigenvalue weighted by molar-refractivity contribution is 7.89. The molecule has 0 bridgehead atoms. The zero-order chi connectivity index (χ0) is 25.3. The Morgan fingerprint density at radius 1 is 1.00 bits per heavy atom. The molecule has 1 aliphatic heterocycles. The highest BCUT2D eigenvalue weighted by atomic mass is 35.5. The summed E-state index contributed by atoms with van der Waals surface area (Å²) >= 11 is 12.4. The molecule has 0 spiro atoms. The third-order valence-electron chi connectivity index (χ3n) is 6.38. The molecule has 0 atom stereocenters. The van der Waals surface area contributed by atoms with Gasteiger partial charge >= 0.3 is 0 Å². The van der Waals surface area contributed by atoms with Gasteiger partial charge in [0.15, 0.2) is 5.65 Å². The molecule has 1 aliphatic rings. The second-order valence-electron chi connectivity index (χ2n) is 8.58. The van der Waals surface area contributed by atoms with Gasteiger partial charge in [-0.05, 0) is 36.4 Å². The Kier molecular flexibility index (Phi) is 7.18. The van der Waals surface area contributed by atoms with Crippen LogP contribution in [0.25, 0.3) is 16.9 Å². The molecule has 3 heterocycles. The van der Waals surface area contributed by atoms with E-state index in [4.69, 9.17) is 28.2 Å². The lowest BCUT2D eigenvalue weighted by Gasteiger charge is -2.33. The van der Waals surface area contributed by atoms with Crippen molar-refractivity contribution in [2.24, 2.45) is 0 Å². The molecule has 1 fully saturated rings. The normalized spacial score (nSPS) is 15.4. The van der Waals surface area contributed by atoms with E-state index in [0.717, 1.165) is 25.2 Å². The SMILES string of the molecule is CCN1CCN(S(=O)(=O)c2cccc(-c3cc(NCc4ccc(Cl)cc4Cl)n4nccc4n3)c2)CC1. The predicted molar refractivity (Wildman–Crippen MR) is 143 cm³/mol. The number of rotatable bonds is 7. The van der Waals surface area contributed by atoms with Gasteiger partial charge in [0, 0.05) is 60.5 Å². The summed E-state index contributed by atoms with van der Waals surface area (Å²) < 4.78 is 30.0. The van der Waals surface area contributed by atoms with Crippen molar-refractivity contribution in [1.82, 2.24) is 23.8 Å². The molecule has 1 N–H and O–H groups in total. The number of hydrogen-bond donors (Lipinski definition) is 1. The van der Waals surface area contributed by atoms with E-state index in [1.807, 2.05) is 18.2 Å². The van der Waals surface area contributed by atoms with Crippen LogP contribution < -0.4 is 5.32 Å². The fourth-order valence-electron chi connectivity index (χ4n) is 4.29. The molecule has 5 rings (SSSR count). The first kappa shape index (κ1) is 25.0. The number of sulfonamides is 1. The smallest absolute Gasteiger partial charge is 0.243 e. The van der Waals surface area contributed by atoms with E-state index in [-0.39, 0.29) is 4.90 Å². The molecule has 11 heteroatoms. The molecule has 188 valence electrons. The van der Waals surface area contributed by atoms with E-state index in [9.17, 15) is 8.42 Å². The Bertz CT molecular complexity index is 1500. The molecule has 0 amide bonds. The van der Waals surface area contributed by atoms with Gasteiger partial charge < -0.3 is 10.2 Å². The molecule has 0 saturated carbocycles. The zero-order valence-corrected chi connectivity index (χ0v) is 22.1. The summed E-state index contributed by atoms with van der Waals surface area (Å²) in [5, 5.41) is 8.88. The second kappa shape index (κ2) is 10.4. The third-order valence-corrected chi connectivity index (χ3v) is 8.86. The van der Waals surface area contributed by atoms with E-state index >= 15 is 0 Å². The molecule has 0 aliphatic carbocycles. The van der Waals surface area contributed by atoms with Gasteiger partial charge in [-0.2, -0.15) is 13.9 Å². The van der Waals surface area contributed by atoms with Crippen molar-refractivity contribution in [1.29, 1.82) is 0 Å². The molecule has 2 aromatic heterocycles. The Morgan fingerprint density at radius 2 is 1.81 bits per heavy atom. The number of nitrogens with zero attached hydrogens (tertiary/aromatic N) is 5. The van der Waals surface area contributed by atoms with Crippen LogP contribution in [0, 0.1) is 0 Å². The van der Waals surface area contributed by atoms with E-state index in [1.165, 1.54) is 0 Å². The van der Waals surface area contributed by atoms with Gasteiger partial charge in [-0.1, -0.05) is 48.3 Å². The average Bonchev–Trinajstić information content (AvgIpc) is 3.37. The number of hydrogen-bond acceptors (Lipinski definition) is 6. The quantitative estimate of drug-likeness (QED) is 0.365. The van der Waals surface area contributed by atoms with Gasteiger partial charge in [-0.15, -0.1) is 0 Å². The number of aromatic nitrogens is 3. The lowest BCUT2D eigenvalue weighted by atomic mass is 10.1. The van der Waals surface area contributed by atoms with Crippen LogP contribution in [0.3, 0.4) is 0 Å². The van der Waals surface area contributed by atoms with Crippen LogP contribution in [0.5, 0.6) is 0 Å². The van der Waals surface area contributed by atoms with E-state index in [2.05, 4.69) is 22.2 Å². The predicted octanol–water partition coefficient (Wildman–Crippen LogP) is 4.64. The van der Waals surface area contributed by atoms with Crippen LogP contribution >= 0.6 is 23.2 Å². The molecule has 0 unspecified atom stereocenters. The minimum atomic E-state index is -3.60. The maximum Gasteiger partial charge on any atom is 0.243 e. The molecule has 4 aromatic rings. The number of fused-ring (bicyclic) bond motifs is 1. The van der Waals surface area contributed by atoms with Gasteiger partial charge in [-0.25, -0.2) is 13.4 Å². The van der Waals surface area contributed by atoms with Crippen LogP contribution in [0.2, 0.25) is 10.0 Å². The van der Waals surface area contributed by atoms with Gasteiger partial charge in [0.05, 0.1) is 16.8 Å². The maximum absolute atomic E-state index is 13.4. The highest BCUT2D eigenvalue weighted by Crippen LogP contribution is 2.27. The number of anilines is 1. The summed E-state index contributed by atoms with van der Waals surface area (Å²) in [6.07, 6.45) is 1.67. The summed E-state index contributed by atoms with van der Waals surface area (Å²) in [6.45, 7) is 5.91. The van der Waals surface area contributed by atoms with Crippen molar-refractivity contribution < 1.29 is 8.42 Å². The topological polar surface area (TPSA) is 82.8 Å². The zero-order valence-electron chi connectivity index (χ0n) is 19.7. The Hall–Kier alpha value is -2.69. The van der Waals surface area contributed by atoms with Crippen molar-refractivity contribution in [3.63, 3.8) is 0 Å². The first-order valence-electron chi connectivity index (χ1n) is 11.7. The van der Waals surface area contributed by atoms with Gasteiger partial charge in [-0.3, -0.25) is 0 Å². The minimum absolute atomic E-state index is 0.266. The van der Waals surface area contributed by atoms with Crippen molar-refractivity contribution in [3.05, 3.63) is 76.4 Å². The Morgan fingerprint density at radius 3 is 2.56 bits per heavy atom. The third kappa shape index (κ3) is 5.07. The van der Waals surface area contributed by atoms with Crippen LogP contribution in [-0.2, 0) is 16.6 Å². The molecule has 8 nitrogen and oxygen atoms in total. The van der Waals surface area contributed by atoms with Crippen LogP contribution in [0.1, 0.15) is 12.5 Å². The van der Waals surface area contributed by atoms with Gasteiger partial charge in [0.25, 0.3) is 0 Å². The maximum atomic E-state index is 13.4. The van der Waals surface area contributed by atoms with Gasteiger partial charge in [0.2, 0.25) is 10.0 Å². The summed E-state index contributed by atoms with van der Waals surface area (Å²) in [5.41, 5.74) is 2.87. The minimum Gasteiger partial charge on any atom is -0.366 e. The summed E-state index contributed by atoms with van der Waals surface area (Å²) in [6, 6.07) is 16.0. The molecule has 36 heavy (non-hydrogen) atoms. The summed E-state index contributed by atoms with van der Waals surface area (Å²) in [7, 11) is -3.60. The monoisotopic (exact) mass is 544 g/mol. The standard InChI is InChI=1S/C25H26Cl2N6O2S/c1-2-31-10-12-32(13-11-31)36(34,35)21-5-3-4-18(14-21)23-16-25(33-24(30-23)8-9-29-33)28-17-19-6-7-20(26)15-22(19)27/h3-9,14-16,28H,2,10-13,17H2,1H3. The number of nitrogens with one attached hydrogen (secondary N) is 1. The van der Waals surface area contributed by atoms with Crippen molar-refractivity contribution in [3.8, 4) is 11.3 Å². The Balaban J connectivity index is 1.44. The number of piperazine rings is 1. The average molecular weight is 545 g/mol. The van der Waals surface area contributed by atoms with Crippen molar-refractivity contribution in [2.75, 3.05) is 38.0 Å². The van der Waals surface area contributed by atoms with E-state index in [1.54, 1.807) is 51.4 Å². The van der Waals surface area contributed by atoms with Crippen molar-refractivity contribution in [2.45, 2.75) is 18.4 Å². The highest BCUT2D eigenvalue weighted by Gasteiger charge is 2.28. The fourth-order valence-corrected chi connectivity index (χ4v) is 6.23. The van der Waals surface area contributed by atoms with E-state index in [0.29, 0.717) is 52.4 Å². The molecule has 1 saturated heterocycles. The Labute approximate surface area is 220 Å². The first-order valence-corrected chi connectivity index (χ1v) is 13.9. The molecule has 2 aromatic carbocycles.